The number of fused-ring (bicyclic) bond motifs is 1. The summed E-state index contributed by atoms with van der Waals surface area (Å²) in [5.74, 6) is -1.42. The van der Waals surface area contributed by atoms with E-state index in [4.69, 9.17) is 4.74 Å². The number of piperazine rings is 1. The fourth-order valence-electron chi connectivity index (χ4n) is 4.59. The molecule has 0 bridgehead atoms. The number of benzene rings is 2. The number of amides is 2. The summed E-state index contributed by atoms with van der Waals surface area (Å²) in [6, 6.07) is 23.8. The van der Waals surface area contributed by atoms with Gasteiger partial charge in [0.25, 0.3) is 11.7 Å². The highest BCUT2D eigenvalue weighted by molar-refractivity contribution is 6.47. The minimum atomic E-state index is -0.743. The van der Waals surface area contributed by atoms with Gasteiger partial charge in [-0.05, 0) is 36.9 Å². The maximum atomic E-state index is 13.6. The minimum Gasteiger partial charge on any atom is -0.444 e. The first kappa shape index (κ1) is 24.3. The molecule has 188 valence electrons. The molecule has 0 saturated carbocycles. The Morgan fingerprint density at radius 3 is 2.19 bits per heavy atom. The molecular formula is C29H28N4O4. The number of likely N-dealkylation sites (N-methyl/N-ethyl adjacent to an activating group) is 1. The largest absolute Gasteiger partial charge is 0.444 e. The Bertz CT molecular complexity index is 1420. The SMILES string of the molecule is CN1CCN(C(=O)OCc2c(-c3ccccc3)c(C(=O)C(=O)Nc3ccccc3)n3ccccc23)CC1. The van der Waals surface area contributed by atoms with E-state index in [1.807, 2.05) is 55.6 Å². The van der Waals surface area contributed by atoms with E-state index in [1.165, 1.54) is 0 Å². The van der Waals surface area contributed by atoms with E-state index in [9.17, 15) is 14.4 Å². The zero-order valence-electron chi connectivity index (χ0n) is 20.6. The number of Topliss-reactive ketones (excluding diaryl/α,β-unsaturated/α-hetero) is 1. The number of rotatable bonds is 6. The zero-order chi connectivity index (χ0) is 25.8. The molecule has 1 aliphatic rings. The van der Waals surface area contributed by atoms with Crippen molar-refractivity contribution in [2.24, 2.45) is 0 Å². The Balaban J connectivity index is 1.53. The van der Waals surface area contributed by atoms with Crippen molar-refractivity contribution in [2.45, 2.75) is 6.61 Å². The predicted molar refractivity (Wildman–Crippen MR) is 141 cm³/mol. The third-order valence-corrected chi connectivity index (χ3v) is 6.57. The van der Waals surface area contributed by atoms with Crippen LogP contribution in [0.4, 0.5) is 10.5 Å². The van der Waals surface area contributed by atoms with Gasteiger partial charge in [0.1, 0.15) is 12.3 Å². The molecule has 1 aliphatic heterocycles. The molecule has 2 aromatic carbocycles. The number of ketones is 1. The molecule has 2 aromatic heterocycles. The smallest absolute Gasteiger partial charge is 0.410 e. The molecule has 0 aliphatic carbocycles. The average Bonchev–Trinajstić information content (AvgIpc) is 3.27. The Morgan fingerprint density at radius 1 is 0.838 bits per heavy atom. The van der Waals surface area contributed by atoms with Crippen LogP contribution in [-0.4, -0.2) is 65.2 Å². The Morgan fingerprint density at radius 2 is 1.49 bits per heavy atom. The second-order valence-corrected chi connectivity index (χ2v) is 9.02. The van der Waals surface area contributed by atoms with Crippen LogP contribution in [0.15, 0.2) is 85.1 Å². The maximum Gasteiger partial charge on any atom is 0.410 e. The van der Waals surface area contributed by atoms with Gasteiger partial charge >= 0.3 is 6.09 Å². The molecule has 0 spiro atoms. The first-order valence-electron chi connectivity index (χ1n) is 12.2. The minimum absolute atomic E-state index is 0.0313. The van der Waals surface area contributed by atoms with Crippen LogP contribution in [0.2, 0.25) is 0 Å². The van der Waals surface area contributed by atoms with E-state index >= 15 is 0 Å². The molecule has 8 nitrogen and oxygen atoms in total. The van der Waals surface area contributed by atoms with Gasteiger partial charge in [0, 0.05) is 49.2 Å². The first-order chi connectivity index (χ1) is 18.0. The molecule has 1 N–H and O–H groups in total. The van der Waals surface area contributed by atoms with Gasteiger partial charge in [0.2, 0.25) is 0 Å². The van der Waals surface area contributed by atoms with E-state index in [1.54, 1.807) is 45.8 Å². The number of anilines is 1. The quantitative estimate of drug-likeness (QED) is 0.318. The lowest BCUT2D eigenvalue weighted by atomic mass is 9.99. The first-order valence-corrected chi connectivity index (χ1v) is 12.2. The number of ether oxygens (including phenoxy) is 1. The van der Waals surface area contributed by atoms with Crippen molar-refractivity contribution in [3.8, 4) is 11.1 Å². The number of hydrogen-bond acceptors (Lipinski definition) is 5. The molecule has 0 radical (unpaired) electrons. The highest BCUT2D eigenvalue weighted by Crippen LogP contribution is 2.34. The van der Waals surface area contributed by atoms with E-state index in [2.05, 4.69) is 10.2 Å². The Kier molecular flexibility index (Phi) is 7.00. The molecule has 0 atom stereocenters. The van der Waals surface area contributed by atoms with Gasteiger partial charge in [0.15, 0.2) is 0 Å². The number of carbonyl (C=O) groups is 3. The van der Waals surface area contributed by atoms with Gasteiger partial charge in [0.05, 0.1) is 5.52 Å². The van der Waals surface area contributed by atoms with Crippen molar-refractivity contribution in [3.63, 3.8) is 0 Å². The third kappa shape index (κ3) is 5.10. The molecule has 4 aromatic rings. The molecule has 5 rings (SSSR count). The number of para-hydroxylation sites is 1. The van der Waals surface area contributed by atoms with Crippen LogP contribution in [0.25, 0.3) is 16.6 Å². The van der Waals surface area contributed by atoms with Crippen molar-refractivity contribution in [2.75, 3.05) is 38.5 Å². The van der Waals surface area contributed by atoms with Crippen molar-refractivity contribution < 1.29 is 19.1 Å². The second kappa shape index (κ2) is 10.7. The summed E-state index contributed by atoms with van der Waals surface area (Å²) in [6.45, 7) is 2.74. The van der Waals surface area contributed by atoms with E-state index in [0.29, 0.717) is 35.4 Å². The van der Waals surface area contributed by atoms with E-state index < -0.39 is 17.8 Å². The fraction of sp³-hybridized carbons (Fsp3) is 0.207. The van der Waals surface area contributed by atoms with E-state index in [-0.39, 0.29) is 12.3 Å². The summed E-state index contributed by atoms with van der Waals surface area (Å²) < 4.78 is 7.47. The van der Waals surface area contributed by atoms with Gasteiger partial charge in [-0.15, -0.1) is 0 Å². The lowest BCUT2D eigenvalue weighted by Crippen LogP contribution is -2.47. The van der Waals surface area contributed by atoms with Crippen LogP contribution in [0.1, 0.15) is 16.1 Å². The average molecular weight is 497 g/mol. The maximum absolute atomic E-state index is 13.6. The van der Waals surface area contributed by atoms with Crippen molar-refractivity contribution in [1.82, 2.24) is 14.2 Å². The summed E-state index contributed by atoms with van der Waals surface area (Å²) in [5.41, 5.74) is 3.46. The molecule has 2 amide bonds. The molecule has 37 heavy (non-hydrogen) atoms. The van der Waals surface area contributed by atoms with Crippen LogP contribution in [0, 0.1) is 0 Å². The summed E-state index contributed by atoms with van der Waals surface area (Å²) in [5, 5.41) is 2.69. The summed E-state index contributed by atoms with van der Waals surface area (Å²) in [4.78, 5) is 43.4. The monoisotopic (exact) mass is 496 g/mol. The van der Waals surface area contributed by atoms with Crippen molar-refractivity contribution in [3.05, 3.63) is 96.3 Å². The Labute approximate surface area is 215 Å². The fourth-order valence-corrected chi connectivity index (χ4v) is 4.59. The second-order valence-electron chi connectivity index (χ2n) is 9.02. The molecular weight excluding hydrogens is 468 g/mol. The number of nitrogens with zero attached hydrogens (tertiary/aromatic N) is 3. The summed E-state index contributed by atoms with van der Waals surface area (Å²) in [7, 11) is 2.02. The van der Waals surface area contributed by atoms with Crippen LogP contribution < -0.4 is 5.32 Å². The predicted octanol–water partition coefficient (Wildman–Crippen LogP) is 4.31. The molecule has 1 saturated heterocycles. The van der Waals surface area contributed by atoms with Crippen LogP contribution in [0.3, 0.4) is 0 Å². The molecule has 8 heteroatoms. The van der Waals surface area contributed by atoms with Crippen LogP contribution in [-0.2, 0) is 16.1 Å². The van der Waals surface area contributed by atoms with Crippen LogP contribution in [0.5, 0.6) is 0 Å². The van der Waals surface area contributed by atoms with E-state index in [0.717, 1.165) is 18.7 Å². The summed E-state index contributed by atoms with van der Waals surface area (Å²) >= 11 is 0. The normalized spacial score (nSPS) is 13.9. The molecule has 1 fully saturated rings. The zero-order valence-corrected chi connectivity index (χ0v) is 20.6. The van der Waals surface area contributed by atoms with Gasteiger partial charge in [-0.25, -0.2) is 4.79 Å². The van der Waals surface area contributed by atoms with Crippen molar-refractivity contribution in [1.29, 1.82) is 0 Å². The standard InChI is InChI=1S/C29H28N4O4/c1-31-16-18-32(19-17-31)29(36)37-20-23-24-14-8-9-15-33(24)26(25(23)21-10-4-2-5-11-21)27(34)28(35)30-22-12-6-3-7-13-22/h2-15H,16-20H2,1H3,(H,30,35). The third-order valence-electron chi connectivity index (χ3n) is 6.57. The number of carbonyl (C=O) groups excluding carboxylic acids is 3. The van der Waals surface area contributed by atoms with Crippen LogP contribution >= 0.6 is 0 Å². The van der Waals surface area contributed by atoms with Gasteiger partial charge in [-0.3, -0.25) is 9.59 Å². The highest BCUT2D eigenvalue weighted by Gasteiger charge is 2.29. The topological polar surface area (TPSA) is 83.4 Å². The number of nitrogens with one attached hydrogen (secondary N) is 1. The number of pyridine rings is 1. The van der Waals surface area contributed by atoms with Gasteiger partial charge < -0.3 is 24.3 Å². The summed E-state index contributed by atoms with van der Waals surface area (Å²) in [6.07, 6.45) is 1.36. The highest BCUT2D eigenvalue weighted by atomic mass is 16.6. The van der Waals surface area contributed by atoms with Crippen molar-refractivity contribution >= 4 is 29.0 Å². The number of aromatic nitrogens is 1. The van der Waals surface area contributed by atoms with Gasteiger partial charge in [-0.1, -0.05) is 54.6 Å². The molecule has 0 unspecified atom stereocenters. The number of hydrogen-bond donors (Lipinski definition) is 1. The lowest BCUT2D eigenvalue weighted by Gasteiger charge is -2.31. The lowest BCUT2D eigenvalue weighted by molar-refractivity contribution is -0.112. The Hall–Kier alpha value is -4.43. The molecule has 3 heterocycles. The van der Waals surface area contributed by atoms with Gasteiger partial charge in [-0.2, -0.15) is 0 Å².